The molecule has 1 heterocycles. The molecule has 0 aliphatic heterocycles. The van der Waals surface area contributed by atoms with Crippen molar-refractivity contribution in [3.63, 3.8) is 0 Å². The average Bonchev–Trinajstić information content (AvgIpc) is 2.93. The zero-order valence-corrected chi connectivity index (χ0v) is 15.0. The summed E-state index contributed by atoms with van der Waals surface area (Å²) in [6, 6.07) is 9.36. The molecule has 2 aromatic rings. The van der Waals surface area contributed by atoms with Crippen molar-refractivity contribution >= 4 is 17.9 Å². The molecule has 1 aromatic carbocycles. The molecular weight excluding hydrogens is 316 g/mol. The van der Waals surface area contributed by atoms with E-state index in [1.807, 2.05) is 0 Å². The van der Waals surface area contributed by atoms with Gasteiger partial charge in [-0.2, -0.15) is 0 Å². The predicted octanol–water partition coefficient (Wildman–Crippen LogP) is 3.03. The maximum Gasteiger partial charge on any atom is 0.240 e. The molecule has 0 N–H and O–H groups in total. The lowest BCUT2D eigenvalue weighted by Gasteiger charge is -2.16. The highest BCUT2D eigenvalue weighted by molar-refractivity contribution is 7.91. The standard InChI is InChI=1S/C15H22N2O3SSi/c1-22(2,3)12-11-20-13-17-10-9-16-15(17)21(18,19)14-7-5-4-6-8-14/h4-10H,11-13H2,1-3H3. The fourth-order valence-corrected chi connectivity index (χ4v) is 3.99. The van der Waals surface area contributed by atoms with Gasteiger partial charge in [-0.25, -0.2) is 13.4 Å². The largest absolute Gasteiger partial charge is 0.361 e. The Morgan fingerprint density at radius 3 is 2.50 bits per heavy atom. The molecule has 0 atom stereocenters. The van der Waals surface area contributed by atoms with Crippen molar-refractivity contribution in [1.82, 2.24) is 9.55 Å². The van der Waals surface area contributed by atoms with Crippen molar-refractivity contribution in [2.24, 2.45) is 0 Å². The third-order valence-corrected chi connectivity index (χ3v) is 6.62. The van der Waals surface area contributed by atoms with Gasteiger partial charge in [-0.05, 0) is 18.2 Å². The third-order valence-electron chi connectivity index (χ3n) is 3.20. The summed E-state index contributed by atoms with van der Waals surface area (Å²) in [5.41, 5.74) is 0. The number of aromatic nitrogens is 2. The number of hydrogen-bond donors (Lipinski definition) is 0. The van der Waals surface area contributed by atoms with Gasteiger partial charge in [0.1, 0.15) is 6.73 Å². The first-order chi connectivity index (χ1) is 10.3. The highest BCUT2D eigenvalue weighted by Crippen LogP contribution is 2.19. The number of imidazole rings is 1. The summed E-state index contributed by atoms with van der Waals surface area (Å²) in [4.78, 5) is 4.24. The van der Waals surface area contributed by atoms with Crippen molar-refractivity contribution in [2.45, 2.75) is 42.5 Å². The van der Waals surface area contributed by atoms with Crippen LogP contribution in [0.25, 0.3) is 0 Å². The monoisotopic (exact) mass is 338 g/mol. The molecule has 0 bridgehead atoms. The minimum Gasteiger partial charge on any atom is -0.361 e. The summed E-state index contributed by atoms with van der Waals surface area (Å²) in [7, 11) is -4.76. The maximum atomic E-state index is 12.6. The van der Waals surface area contributed by atoms with Crippen LogP contribution in [-0.2, 0) is 21.3 Å². The van der Waals surface area contributed by atoms with Crippen LogP contribution in [-0.4, -0.2) is 32.6 Å². The fourth-order valence-electron chi connectivity index (χ4n) is 1.88. The topological polar surface area (TPSA) is 61.2 Å². The second-order valence-corrected chi connectivity index (χ2v) is 13.8. The van der Waals surface area contributed by atoms with Crippen LogP contribution in [0.5, 0.6) is 0 Å². The number of benzene rings is 1. The SMILES string of the molecule is C[Si](C)(C)CCOCn1ccnc1S(=O)(=O)c1ccccc1. The zero-order chi connectivity index (χ0) is 16.2. The van der Waals surface area contributed by atoms with Crippen LogP contribution in [0.3, 0.4) is 0 Å². The van der Waals surface area contributed by atoms with Gasteiger partial charge in [0.2, 0.25) is 15.0 Å². The van der Waals surface area contributed by atoms with E-state index in [2.05, 4.69) is 24.6 Å². The van der Waals surface area contributed by atoms with E-state index in [0.717, 1.165) is 6.04 Å². The Hall–Kier alpha value is -1.44. The van der Waals surface area contributed by atoms with E-state index in [0.29, 0.717) is 6.61 Å². The fraction of sp³-hybridized carbons (Fsp3) is 0.400. The summed E-state index contributed by atoms with van der Waals surface area (Å²) < 4.78 is 32.3. The first kappa shape index (κ1) is 16.9. The van der Waals surface area contributed by atoms with Crippen LogP contribution in [0.2, 0.25) is 25.7 Å². The van der Waals surface area contributed by atoms with Crippen LogP contribution >= 0.6 is 0 Å². The van der Waals surface area contributed by atoms with Crippen molar-refractivity contribution in [2.75, 3.05) is 6.61 Å². The second-order valence-electron chi connectivity index (χ2n) is 6.34. The first-order valence-electron chi connectivity index (χ1n) is 7.20. The summed E-state index contributed by atoms with van der Waals surface area (Å²) >= 11 is 0. The average molecular weight is 339 g/mol. The number of rotatable bonds is 7. The Morgan fingerprint density at radius 2 is 1.86 bits per heavy atom. The molecule has 0 radical (unpaired) electrons. The Morgan fingerprint density at radius 1 is 1.18 bits per heavy atom. The van der Waals surface area contributed by atoms with Gasteiger partial charge >= 0.3 is 0 Å². The van der Waals surface area contributed by atoms with E-state index < -0.39 is 17.9 Å². The van der Waals surface area contributed by atoms with E-state index >= 15 is 0 Å². The highest BCUT2D eigenvalue weighted by Gasteiger charge is 2.23. The molecule has 2 rings (SSSR count). The van der Waals surface area contributed by atoms with E-state index in [9.17, 15) is 8.42 Å². The Bertz CT molecular complexity index is 706. The number of sulfone groups is 1. The van der Waals surface area contributed by atoms with Gasteiger partial charge < -0.3 is 4.74 Å². The Labute approximate surface area is 132 Å². The molecule has 0 amide bonds. The highest BCUT2D eigenvalue weighted by atomic mass is 32.2. The summed E-state index contributed by atoms with van der Waals surface area (Å²) in [6.07, 6.45) is 3.11. The maximum absolute atomic E-state index is 12.6. The third kappa shape index (κ3) is 4.28. The first-order valence-corrected chi connectivity index (χ1v) is 12.4. The van der Waals surface area contributed by atoms with Crippen molar-refractivity contribution in [3.05, 3.63) is 42.7 Å². The summed E-state index contributed by atoms with van der Waals surface area (Å²) in [5.74, 6) is 0. The minimum atomic E-state index is -3.61. The molecular formula is C15H22N2O3SSi. The molecule has 7 heteroatoms. The zero-order valence-electron chi connectivity index (χ0n) is 13.2. The molecule has 0 spiro atoms. The Balaban J connectivity index is 2.10. The van der Waals surface area contributed by atoms with Crippen LogP contribution in [0.15, 0.2) is 52.8 Å². The van der Waals surface area contributed by atoms with Gasteiger partial charge in [0, 0.05) is 27.1 Å². The van der Waals surface area contributed by atoms with Crippen LogP contribution in [0.1, 0.15) is 0 Å². The van der Waals surface area contributed by atoms with Crippen molar-refractivity contribution in [1.29, 1.82) is 0 Å². The van der Waals surface area contributed by atoms with Gasteiger partial charge in [-0.15, -0.1) is 0 Å². The van der Waals surface area contributed by atoms with Gasteiger partial charge in [0.15, 0.2) is 0 Å². The second kappa shape index (κ2) is 6.76. The lowest BCUT2D eigenvalue weighted by atomic mass is 10.4. The summed E-state index contributed by atoms with van der Waals surface area (Å²) in [5, 5.41) is 0.0201. The van der Waals surface area contributed by atoms with E-state index in [1.54, 1.807) is 36.5 Å². The summed E-state index contributed by atoms with van der Waals surface area (Å²) in [6.45, 7) is 7.67. The molecule has 5 nitrogen and oxygen atoms in total. The lowest BCUT2D eigenvalue weighted by molar-refractivity contribution is 0.0809. The normalized spacial score (nSPS) is 12.5. The van der Waals surface area contributed by atoms with Gasteiger partial charge in [-0.3, -0.25) is 4.57 Å². The van der Waals surface area contributed by atoms with Crippen LogP contribution in [0, 0.1) is 0 Å². The van der Waals surface area contributed by atoms with Gasteiger partial charge in [-0.1, -0.05) is 37.8 Å². The molecule has 0 unspecified atom stereocenters. The minimum absolute atomic E-state index is 0.0201. The number of hydrogen-bond acceptors (Lipinski definition) is 4. The van der Waals surface area contributed by atoms with Gasteiger partial charge in [0.25, 0.3) is 0 Å². The molecule has 0 saturated carbocycles. The molecule has 0 aliphatic rings. The molecule has 1 aromatic heterocycles. The van der Waals surface area contributed by atoms with Gasteiger partial charge in [0.05, 0.1) is 4.90 Å². The van der Waals surface area contributed by atoms with Crippen molar-refractivity contribution < 1.29 is 13.2 Å². The number of ether oxygens (including phenoxy) is 1. The predicted molar refractivity (Wildman–Crippen MR) is 88.2 cm³/mol. The molecule has 0 saturated heterocycles. The van der Waals surface area contributed by atoms with E-state index in [4.69, 9.17) is 4.74 Å². The Kier molecular flexibility index (Phi) is 5.20. The van der Waals surface area contributed by atoms with Crippen LogP contribution in [0.4, 0.5) is 0 Å². The number of nitrogens with zero attached hydrogens (tertiary/aromatic N) is 2. The molecule has 120 valence electrons. The molecule has 0 aliphatic carbocycles. The van der Waals surface area contributed by atoms with E-state index in [1.165, 1.54) is 10.8 Å². The molecule has 22 heavy (non-hydrogen) atoms. The van der Waals surface area contributed by atoms with Crippen molar-refractivity contribution in [3.8, 4) is 0 Å². The quantitative estimate of drug-likeness (QED) is 0.575. The molecule has 0 fully saturated rings. The lowest BCUT2D eigenvalue weighted by Crippen LogP contribution is -2.22. The van der Waals surface area contributed by atoms with E-state index in [-0.39, 0.29) is 16.8 Å². The smallest absolute Gasteiger partial charge is 0.240 e. The van der Waals surface area contributed by atoms with Crippen LogP contribution < -0.4 is 0 Å².